The molecule has 0 amide bonds. The van der Waals surface area contributed by atoms with E-state index >= 15 is 0 Å². The first-order valence-corrected chi connectivity index (χ1v) is 5.85. The van der Waals surface area contributed by atoms with Crippen LogP contribution in [0.1, 0.15) is 12.0 Å². The molecule has 0 fully saturated rings. The second-order valence-corrected chi connectivity index (χ2v) is 4.40. The minimum Gasteiger partial charge on any atom is -0.495 e. The Labute approximate surface area is 97.3 Å². The Morgan fingerprint density at radius 3 is 2.94 bits per heavy atom. The van der Waals surface area contributed by atoms with Crippen LogP contribution >= 0.6 is 11.3 Å². The van der Waals surface area contributed by atoms with Crippen molar-refractivity contribution < 1.29 is 14.6 Å². The maximum Gasteiger partial charge on any atom is 0.303 e. The summed E-state index contributed by atoms with van der Waals surface area (Å²) in [5, 5.41) is 11.8. The number of aryl methyl sites for hydroxylation is 1. The summed E-state index contributed by atoms with van der Waals surface area (Å²) in [5.41, 5.74) is 1.07. The summed E-state index contributed by atoms with van der Waals surface area (Å²) < 4.78 is 6.35. The summed E-state index contributed by atoms with van der Waals surface area (Å²) in [6.07, 6.45) is 0.726. The van der Waals surface area contributed by atoms with Crippen molar-refractivity contribution in [1.29, 1.82) is 0 Å². The van der Waals surface area contributed by atoms with Crippen molar-refractivity contribution in [2.24, 2.45) is 0 Å². The fraction of sp³-hybridized carbons (Fsp3) is 0.250. The highest BCUT2D eigenvalue weighted by molar-refractivity contribution is 7.17. The summed E-state index contributed by atoms with van der Waals surface area (Å²) in [6.45, 7) is 0. The van der Waals surface area contributed by atoms with Crippen LogP contribution in [0.15, 0.2) is 23.6 Å². The van der Waals surface area contributed by atoms with Gasteiger partial charge in [0.15, 0.2) is 0 Å². The highest BCUT2D eigenvalue weighted by Gasteiger charge is 2.08. The first-order chi connectivity index (χ1) is 7.72. The van der Waals surface area contributed by atoms with E-state index < -0.39 is 5.97 Å². The van der Waals surface area contributed by atoms with Crippen molar-refractivity contribution in [1.82, 2.24) is 0 Å². The highest BCUT2D eigenvalue weighted by Crippen LogP contribution is 2.33. The van der Waals surface area contributed by atoms with E-state index in [0.717, 1.165) is 21.4 Å². The molecule has 16 heavy (non-hydrogen) atoms. The summed E-state index contributed by atoms with van der Waals surface area (Å²) in [7, 11) is 1.64. The second kappa shape index (κ2) is 4.53. The monoisotopic (exact) mass is 236 g/mol. The number of ether oxygens (including phenoxy) is 1. The summed E-state index contributed by atoms with van der Waals surface area (Å²) in [6, 6.07) is 5.85. The molecule has 0 spiro atoms. The van der Waals surface area contributed by atoms with Crippen LogP contribution in [0.25, 0.3) is 10.1 Å². The average Bonchev–Trinajstić information content (AvgIpc) is 2.74. The summed E-state index contributed by atoms with van der Waals surface area (Å²) >= 11 is 1.61. The Bertz CT molecular complexity index is 516. The molecule has 0 saturated heterocycles. The molecule has 0 aliphatic rings. The number of carbonyl (C=O) groups is 1. The van der Waals surface area contributed by atoms with E-state index in [4.69, 9.17) is 9.84 Å². The van der Waals surface area contributed by atoms with Crippen LogP contribution in [0.5, 0.6) is 5.75 Å². The Hall–Kier alpha value is -1.55. The number of aliphatic carboxylic acids is 1. The average molecular weight is 236 g/mol. The van der Waals surface area contributed by atoms with Crippen LogP contribution in [0.4, 0.5) is 0 Å². The van der Waals surface area contributed by atoms with Crippen molar-refractivity contribution in [3.63, 3.8) is 0 Å². The van der Waals surface area contributed by atoms with Crippen LogP contribution in [-0.4, -0.2) is 18.2 Å². The van der Waals surface area contributed by atoms with Gasteiger partial charge in [-0.3, -0.25) is 4.79 Å². The largest absolute Gasteiger partial charge is 0.495 e. The number of hydrogen-bond acceptors (Lipinski definition) is 3. The fourth-order valence-electron chi connectivity index (χ4n) is 1.72. The van der Waals surface area contributed by atoms with E-state index in [1.165, 1.54) is 0 Å². The number of thiophene rings is 1. The van der Waals surface area contributed by atoms with Gasteiger partial charge in [-0.05, 0) is 34.9 Å². The zero-order valence-electron chi connectivity index (χ0n) is 8.90. The van der Waals surface area contributed by atoms with E-state index in [2.05, 4.69) is 0 Å². The molecule has 0 saturated carbocycles. The Kier molecular flexibility index (Phi) is 3.10. The van der Waals surface area contributed by atoms with Crippen LogP contribution < -0.4 is 4.74 Å². The van der Waals surface area contributed by atoms with Crippen molar-refractivity contribution >= 4 is 27.4 Å². The summed E-state index contributed by atoms with van der Waals surface area (Å²) in [5.74, 6) is 0.0864. The standard InChI is InChI=1S/C12H12O3S/c1-15-10-4-2-8(3-5-11(13)14)9-6-7-16-12(9)10/h2,4,6-7H,3,5H2,1H3,(H,13,14). The second-order valence-electron chi connectivity index (χ2n) is 3.48. The predicted octanol–water partition coefficient (Wildman–Crippen LogP) is 2.93. The Balaban J connectivity index is 2.39. The van der Waals surface area contributed by atoms with Crippen LogP contribution in [0, 0.1) is 0 Å². The molecule has 1 heterocycles. The van der Waals surface area contributed by atoms with Gasteiger partial charge in [-0.1, -0.05) is 6.07 Å². The van der Waals surface area contributed by atoms with Crippen LogP contribution in [0.2, 0.25) is 0 Å². The van der Waals surface area contributed by atoms with E-state index in [0.29, 0.717) is 6.42 Å². The Morgan fingerprint density at radius 1 is 1.44 bits per heavy atom. The molecular formula is C12H12O3S. The third-order valence-corrected chi connectivity index (χ3v) is 3.43. The van der Waals surface area contributed by atoms with Gasteiger partial charge < -0.3 is 9.84 Å². The molecular weight excluding hydrogens is 224 g/mol. The molecule has 0 bridgehead atoms. The smallest absolute Gasteiger partial charge is 0.303 e. The van der Waals surface area contributed by atoms with Crippen molar-refractivity contribution in [3.05, 3.63) is 29.1 Å². The number of methoxy groups -OCH3 is 1. The minimum atomic E-state index is -0.765. The highest BCUT2D eigenvalue weighted by atomic mass is 32.1. The summed E-state index contributed by atoms with van der Waals surface area (Å²) in [4.78, 5) is 10.5. The number of carboxylic acids is 1. The number of carboxylic acid groups (broad SMARTS) is 1. The van der Waals surface area contributed by atoms with E-state index in [9.17, 15) is 4.79 Å². The molecule has 0 aliphatic carbocycles. The third-order valence-electron chi connectivity index (χ3n) is 2.50. The quantitative estimate of drug-likeness (QED) is 0.887. The van der Waals surface area contributed by atoms with Crippen LogP contribution in [0.3, 0.4) is 0 Å². The lowest BCUT2D eigenvalue weighted by Gasteiger charge is -2.05. The molecule has 3 nitrogen and oxygen atoms in total. The van der Waals surface area contributed by atoms with Crippen molar-refractivity contribution in [2.75, 3.05) is 7.11 Å². The van der Waals surface area contributed by atoms with Crippen LogP contribution in [-0.2, 0) is 11.2 Å². The van der Waals surface area contributed by atoms with Gasteiger partial charge in [-0.2, -0.15) is 0 Å². The molecule has 0 radical (unpaired) electrons. The molecule has 0 unspecified atom stereocenters. The van der Waals surface area contributed by atoms with Gasteiger partial charge >= 0.3 is 5.97 Å². The Morgan fingerprint density at radius 2 is 2.25 bits per heavy atom. The molecule has 84 valence electrons. The van der Waals surface area contributed by atoms with Gasteiger partial charge in [-0.25, -0.2) is 0 Å². The van der Waals surface area contributed by atoms with Crippen molar-refractivity contribution in [3.8, 4) is 5.75 Å². The van der Waals surface area contributed by atoms with Crippen molar-refractivity contribution in [2.45, 2.75) is 12.8 Å². The molecule has 0 aliphatic heterocycles. The lowest BCUT2D eigenvalue weighted by Crippen LogP contribution is -1.97. The van der Waals surface area contributed by atoms with E-state index in [1.54, 1.807) is 18.4 Å². The predicted molar refractivity (Wildman–Crippen MR) is 64.3 cm³/mol. The van der Waals surface area contributed by atoms with E-state index in [-0.39, 0.29) is 6.42 Å². The third kappa shape index (κ3) is 2.02. The first kappa shape index (κ1) is 11.0. The van der Waals surface area contributed by atoms with E-state index in [1.807, 2.05) is 23.6 Å². The number of benzene rings is 1. The minimum absolute atomic E-state index is 0.164. The first-order valence-electron chi connectivity index (χ1n) is 4.97. The maximum absolute atomic E-state index is 10.5. The van der Waals surface area contributed by atoms with Gasteiger partial charge in [0.1, 0.15) is 5.75 Å². The normalized spacial score (nSPS) is 10.6. The number of hydrogen-bond donors (Lipinski definition) is 1. The van der Waals surface area contributed by atoms with Gasteiger partial charge in [0, 0.05) is 6.42 Å². The SMILES string of the molecule is COc1ccc(CCC(=O)O)c2ccsc12. The topological polar surface area (TPSA) is 46.5 Å². The molecule has 1 aromatic heterocycles. The van der Waals surface area contributed by atoms with Gasteiger partial charge in [0.2, 0.25) is 0 Å². The maximum atomic E-state index is 10.5. The van der Waals surface area contributed by atoms with Gasteiger partial charge in [0.05, 0.1) is 11.8 Å². The molecule has 2 aromatic rings. The molecule has 0 atom stereocenters. The van der Waals surface area contributed by atoms with Gasteiger partial charge in [0.25, 0.3) is 0 Å². The zero-order valence-corrected chi connectivity index (χ0v) is 9.71. The fourth-order valence-corrected chi connectivity index (χ4v) is 2.65. The molecule has 4 heteroatoms. The van der Waals surface area contributed by atoms with Gasteiger partial charge in [-0.15, -0.1) is 11.3 Å². The lowest BCUT2D eigenvalue weighted by molar-refractivity contribution is -0.136. The number of rotatable bonds is 4. The number of fused-ring (bicyclic) bond motifs is 1. The molecule has 1 N–H and O–H groups in total. The zero-order chi connectivity index (χ0) is 11.5. The lowest BCUT2D eigenvalue weighted by atomic mass is 10.1. The molecule has 2 rings (SSSR count). The molecule has 1 aromatic carbocycles.